The molecular formula is C25H27N3O2. The van der Waals surface area contributed by atoms with Crippen LogP contribution >= 0.6 is 0 Å². The van der Waals surface area contributed by atoms with E-state index in [1.54, 1.807) is 13.2 Å². The molecule has 0 bridgehead atoms. The molecule has 2 heterocycles. The van der Waals surface area contributed by atoms with Gasteiger partial charge in [-0.25, -0.2) is 4.98 Å². The molecule has 2 aromatic carbocycles. The molecule has 0 saturated heterocycles. The second-order valence-corrected chi connectivity index (χ2v) is 8.29. The highest BCUT2D eigenvalue weighted by molar-refractivity contribution is 6.05. The van der Waals surface area contributed by atoms with Crippen LogP contribution in [0.25, 0.3) is 10.9 Å². The van der Waals surface area contributed by atoms with Crippen molar-refractivity contribution in [1.29, 1.82) is 0 Å². The van der Waals surface area contributed by atoms with Crippen LogP contribution in [0.15, 0.2) is 48.5 Å². The van der Waals surface area contributed by atoms with E-state index < -0.39 is 0 Å². The number of hydrogen-bond donors (Lipinski definition) is 1. The van der Waals surface area contributed by atoms with E-state index in [0.29, 0.717) is 11.4 Å². The number of carbonyl (C=O) groups is 1. The molecule has 0 spiro atoms. The molecule has 1 aliphatic carbocycles. The number of anilines is 1. The largest absolute Gasteiger partial charge is 0.496 e. The Hall–Kier alpha value is -2.92. The summed E-state index contributed by atoms with van der Waals surface area (Å²) in [5, 5.41) is 3.93. The van der Waals surface area contributed by atoms with Crippen LogP contribution < -0.4 is 10.1 Å². The van der Waals surface area contributed by atoms with Gasteiger partial charge in [0.2, 0.25) is 0 Å². The molecule has 3 aromatic rings. The number of para-hydroxylation sites is 1. The Bertz CT molecular complexity index is 1090. The van der Waals surface area contributed by atoms with Gasteiger partial charge in [-0.1, -0.05) is 24.6 Å². The maximum absolute atomic E-state index is 12.9. The first-order valence-electron chi connectivity index (χ1n) is 10.8. The van der Waals surface area contributed by atoms with Crippen LogP contribution in [-0.4, -0.2) is 42.0 Å². The van der Waals surface area contributed by atoms with Gasteiger partial charge >= 0.3 is 0 Å². The van der Waals surface area contributed by atoms with Gasteiger partial charge in [-0.15, -0.1) is 0 Å². The van der Waals surface area contributed by atoms with Gasteiger partial charge in [-0.05, 0) is 61.1 Å². The normalized spacial score (nSPS) is 17.1. The Morgan fingerprint density at radius 1 is 1.07 bits per heavy atom. The number of amides is 1. The number of hydrogen-bond acceptors (Lipinski definition) is 4. The SMILES string of the molecule is COc1cc(C(=O)Nc2ccc3c(c2)CCN(C2CCC2)CC3)nc2ccccc12. The number of nitrogens with one attached hydrogen (secondary N) is 1. The summed E-state index contributed by atoms with van der Waals surface area (Å²) < 4.78 is 5.48. The lowest BCUT2D eigenvalue weighted by Crippen LogP contribution is -2.41. The Balaban J connectivity index is 1.35. The van der Waals surface area contributed by atoms with E-state index in [1.165, 1.54) is 30.4 Å². The third-order valence-electron chi connectivity index (χ3n) is 6.52. The predicted octanol–water partition coefficient (Wildman–Crippen LogP) is 4.45. The summed E-state index contributed by atoms with van der Waals surface area (Å²) in [6, 6.07) is 16.5. The molecule has 154 valence electrons. The molecular weight excluding hydrogens is 374 g/mol. The van der Waals surface area contributed by atoms with Gasteiger partial charge in [0.1, 0.15) is 11.4 Å². The number of rotatable bonds is 4. The maximum atomic E-state index is 12.9. The average Bonchev–Trinajstić information content (AvgIpc) is 2.94. The van der Waals surface area contributed by atoms with Gasteiger partial charge in [0.15, 0.2) is 0 Å². The molecule has 30 heavy (non-hydrogen) atoms. The fourth-order valence-electron chi connectivity index (χ4n) is 4.56. The summed E-state index contributed by atoms with van der Waals surface area (Å²) in [7, 11) is 1.61. The molecule has 0 atom stereocenters. The Morgan fingerprint density at radius 3 is 2.63 bits per heavy atom. The summed E-state index contributed by atoms with van der Waals surface area (Å²) in [5.41, 5.74) is 4.68. The van der Waals surface area contributed by atoms with Gasteiger partial charge < -0.3 is 10.1 Å². The molecule has 5 nitrogen and oxygen atoms in total. The minimum atomic E-state index is -0.219. The summed E-state index contributed by atoms with van der Waals surface area (Å²) in [4.78, 5) is 20.1. The molecule has 5 heteroatoms. The summed E-state index contributed by atoms with van der Waals surface area (Å²) in [5.74, 6) is 0.437. The van der Waals surface area contributed by atoms with E-state index in [-0.39, 0.29) is 5.91 Å². The average molecular weight is 402 g/mol. The number of benzene rings is 2. The van der Waals surface area contributed by atoms with Crippen LogP contribution in [0.2, 0.25) is 0 Å². The van der Waals surface area contributed by atoms with E-state index in [2.05, 4.69) is 27.3 Å². The van der Waals surface area contributed by atoms with Crippen molar-refractivity contribution in [3.8, 4) is 5.75 Å². The van der Waals surface area contributed by atoms with Gasteiger partial charge in [0, 0.05) is 36.3 Å². The Kier molecular flexibility index (Phi) is 5.13. The van der Waals surface area contributed by atoms with Crippen LogP contribution in [-0.2, 0) is 12.8 Å². The first-order valence-corrected chi connectivity index (χ1v) is 10.8. The highest BCUT2D eigenvalue weighted by atomic mass is 16.5. The van der Waals surface area contributed by atoms with Crippen LogP contribution in [0.3, 0.4) is 0 Å². The standard InChI is InChI=1S/C25H27N3O2/c1-30-24-16-23(27-22-8-3-2-7-21(22)24)25(29)26-19-10-9-17-11-13-28(20-5-4-6-20)14-12-18(17)15-19/h2-3,7-10,15-16,20H,4-6,11-14H2,1H3,(H,26,29). The van der Waals surface area contributed by atoms with Crippen LogP contribution in [0.1, 0.15) is 40.9 Å². The zero-order chi connectivity index (χ0) is 20.5. The quantitative estimate of drug-likeness (QED) is 0.702. The summed E-state index contributed by atoms with van der Waals surface area (Å²) in [6.45, 7) is 2.25. The lowest BCUT2D eigenvalue weighted by Gasteiger charge is -2.36. The summed E-state index contributed by atoms with van der Waals surface area (Å²) in [6.07, 6.45) is 6.19. The highest BCUT2D eigenvalue weighted by Gasteiger charge is 2.26. The van der Waals surface area contributed by atoms with E-state index in [0.717, 1.165) is 48.6 Å². The number of carbonyl (C=O) groups excluding carboxylic acids is 1. The minimum absolute atomic E-state index is 0.219. The van der Waals surface area contributed by atoms with Crippen LogP contribution in [0.5, 0.6) is 5.75 Å². The first kappa shape index (κ1) is 19.1. The smallest absolute Gasteiger partial charge is 0.274 e. The topological polar surface area (TPSA) is 54.5 Å². The van der Waals surface area contributed by atoms with Crippen molar-refractivity contribution in [3.63, 3.8) is 0 Å². The van der Waals surface area contributed by atoms with Crippen molar-refractivity contribution in [2.45, 2.75) is 38.1 Å². The van der Waals surface area contributed by atoms with Crippen LogP contribution in [0, 0.1) is 0 Å². The maximum Gasteiger partial charge on any atom is 0.274 e. The van der Waals surface area contributed by atoms with Crippen molar-refractivity contribution in [2.24, 2.45) is 0 Å². The predicted molar refractivity (Wildman–Crippen MR) is 119 cm³/mol. The molecule has 1 aliphatic heterocycles. The zero-order valence-corrected chi connectivity index (χ0v) is 17.4. The zero-order valence-electron chi connectivity index (χ0n) is 17.4. The number of aromatic nitrogens is 1. The fraction of sp³-hybridized carbons (Fsp3) is 0.360. The third kappa shape index (κ3) is 3.65. The molecule has 1 N–H and O–H groups in total. The van der Waals surface area contributed by atoms with Crippen molar-refractivity contribution in [2.75, 3.05) is 25.5 Å². The van der Waals surface area contributed by atoms with Gasteiger partial charge in [0.05, 0.1) is 12.6 Å². The molecule has 1 aromatic heterocycles. The fourth-order valence-corrected chi connectivity index (χ4v) is 4.56. The van der Waals surface area contributed by atoms with Gasteiger partial charge in [-0.3, -0.25) is 9.69 Å². The minimum Gasteiger partial charge on any atom is -0.496 e. The molecule has 0 radical (unpaired) electrons. The molecule has 1 saturated carbocycles. The molecule has 1 amide bonds. The van der Waals surface area contributed by atoms with Crippen molar-refractivity contribution in [1.82, 2.24) is 9.88 Å². The number of ether oxygens (including phenoxy) is 1. The highest BCUT2D eigenvalue weighted by Crippen LogP contribution is 2.29. The molecule has 2 aliphatic rings. The van der Waals surface area contributed by atoms with Gasteiger partial charge in [-0.2, -0.15) is 0 Å². The van der Waals surface area contributed by atoms with E-state index in [1.807, 2.05) is 30.3 Å². The lowest BCUT2D eigenvalue weighted by atomic mass is 9.91. The lowest BCUT2D eigenvalue weighted by molar-refractivity contribution is 0.102. The van der Waals surface area contributed by atoms with Crippen molar-refractivity contribution in [3.05, 3.63) is 65.4 Å². The van der Waals surface area contributed by atoms with Crippen molar-refractivity contribution < 1.29 is 9.53 Å². The second kappa shape index (κ2) is 8.07. The number of nitrogens with zero attached hydrogens (tertiary/aromatic N) is 2. The van der Waals surface area contributed by atoms with Gasteiger partial charge in [0.25, 0.3) is 5.91 Å². The van der Waals surface area contributed by atoms with Crippen LogP contribution in [0.4, 0.5) is 5.69 Å². The van der Waals surface area contributed by atoms with E-state index in [9.17, 15) is 4.79 Å². The Labute approximate surface area is 177 Å². The number of pyridine rings is 1. The molecule has 0 unspecified atom stereocenters. The summed E-state index contributed by atoms with van der Waals surface area (Å²) >= 11 is 0. The van der Waals surface area contributed by atoms with E-state index >= 15 is 0 Å². The first-order chi connectivity index (χ1) is 14.7. The number of fused-ring (bicyclic) bond motifs is 2. The Morgan fingerprint density at radius 2 is 1.87 bits per heavy atom. The third-order valence-corrected chi connectivity index (χ3v) is 6.52. The second-order valence-electron chi connectivity index (χ2n) is 8.29. The van der Waals surface area contributed by atoms with Crippen molar-refractivity contribution >= 4 is 22.5 Å². The number of methoxy groups -OCH3 is 1. The monoisotopic (exact) mass is 401 g/mol. The molecule has 1 fully saturated rings. The van der Waals surface area contributed by atoms with E-state index in [4.69, 9.17) is 4.74 Å². The molecule has 5 rings (SSSR count).